The SMILES string of the molecule is CCN1CCC(C(C)C)C2(CCCC2)C1. The van der Waals surface area contributed by atoms with Crippen LogP contribution in [-0.4, -0.2) is 24.5 Å². The molecule has 1 saturated carbocycles. The number of nitrogens with zero attached hydrogens (tertiary/aromatic N) is 1. The van der Waals surface area contributed by atoms with Crippen LogP contribution in [0, 0.1) is 17.3 Å². The van der Waals surface area contributed by atoms with Crippen molar-refractivity contribution >= 4 is 0 Å². The monoisotopic (exact) mass is 209 g/mol. The normalized spacial score (nSPS) is 31.6. The number of hydrogen-bond donors (Lipinski definition) is 0. The molecular weight excluding hydrogens is 182 g/mol. The van der Waals surface area contributed by atoms with E-state index in [1.165, 1.54) is 51.7 Å². The van der Waals surface area contributed by atoms with E-state index in [1.807, 2.05) is 0 Å². The van der Waals surface area contributed by atoms with Crippen LogP contribution in [0.4, 0.5) is 0 Å². The highest BCUT2D eigenvalue weighted by atomic mass is 15.1. The fourth-order valence-corrected chi connectivity index (χ4v) is 4.19. The van der Waals surface area contributed by atoms with Crippen molar-refractivity contribution in [2.45, 2.75) is 52.9 Å². The molecule has 88 valence electrons. The maximum absolute atomic E-state index is 2.68. The van der Waals surface area contributed by atoms with E-state index in [-0.39, 0.29) is 0 Å². The number of rotatable bonds is 2. The van der Waals surface area contributed by atoms with Gasteiger partial charge in [-0.05, 0) is 49.6 Å². The highest BCUT2D eigenvalue weighted by molar-refractivity contribution is 4.97. The predicted octanol–water partition coefficient (Wildman–Crippen LogP) is 3.54. The lowest BCUT2D eigenvalue weighted by atomic mass is 9.65. The molecule has 1 heterocycles. The zero-order valence-electron chi connectivity index (χ0n) is 10.8. The maximum atomic E-state index is 2.68. The fraction of sp³-hybridized carbons (Fsp3) is 1.00. The second-order valence-corrected chi connectivity index (χ2v) is 6.08. The molecule has 1 spiro atoms. The van der Waals surface area contributed by atoms with Crippen molar-refractivity contribution in [3.63, 3.8) is 0 Å². The minimum atomic E-state index is 0.711. The van der Waals surface area contributed by atoms with E-state index in [0.29, 0.717) is 5.41 Å². The zero-order valence-corrected chi connectivity index (χ0v) is 10.8. The van der Waals surface area contributed by atoms with E-state index in [2.05, 4.69) is 25.7 Å². The lowest BCUT2D eigenvalue weighted by Gasteiger charge is -2.48. The molecule has 1 saturated heterocycles. The Kier molecular flexibility index (Phi) is 3.39. The molecule has 0 N–H and O–H groups in total. The minimum Gasteiger partial charge on any atom is -0.303 e. The van der Waals surface area contributed by atoms with Crippen LogP contribution in [-0.2, 0) is 0 Å². The first-order valence-corrected chi connectivity index (χ1v) is 6.90. The molecule has 2 aliphatic rings. The molecular formula is C14H27N. The molecule has 1 unspecified atom stereocenters. The molecule has 0 bridgehead atoms. The summed E-state index contributed by atoms with van der Waals surface area (Å²) in [5.41, 5.74) is 0.711. The van der Waals surface area contributed by atoms with Crippen molar-refractivity contribution in [2.24, 2.45) is 17.3 Å². The Morgan fingerprint density at radius 1 is 1.27 bits per heavy atom. The topological polar surface area (TPSA) is 3.24 Å². The van der Waals surface area contributed by atoms with E-state index >= 15 is 0 Å². The molecule has 1 aliphatic carbocycles. The van der Waals surface area contributed by atoms with Crippen molar-refractivity contribution in [1.29, 1.82) is 0 Å². The molecule has 2 rings (SSSR count). The van der Waals surface area contributed by atoms with E-state index in [9.17, 15) is 0 Å². The molecule has 0 aromatic carbocycles. The molecule has 0 aromatic rings. The van der Waals surface area contributed by atoms with Crippen LogP contribution in [0.3, 0.4) is 0 Å². The van der Waals surface area contributed by atoms with Gasteiger partial charge in [0.05, 0.1) is 0 Å². The third kappa shape index (κ3) is 2.08. The average molecular weight is 209 g/mol. The Balaban J connectivity index is 2.12. The molecule has 15 heavy (non-hydrogen) atoms. The smallest absolute Gasteiger partial charge is 0.00406 e. The van der Waals surface area contributed by atoms with Gasteiger partial charge in [-0.25, -0.2) is 0 Å². The highest BCUT2D eigenvalue weighted by Crippen LogP contribution is 2.51. The standard InChI is InChI=1S/C14H27N/c1-4-15-10-7-13(12(2)3)14(11-15)8-5-6-9-14/h12-13H,4-11H2,1-3H3. The van der Waals surface area contributed by atoms with Gasteiger partial charge in [-0.2, -0.15) is 0 Å². The Labute approximate surface area is 95.2 Å². The lowest BCUT2D eigenvalue weighted by Crippen LogP contribution is -2.48. The quantitative estimate of drug-likeness (QED) is 0.672. The van der Waals surface area contributed by atoms with Gasteiger partial charge in [0.2, 0.25) is 0 Å². The zero-order chi connectivity index (χ0) is 10.9. The molecule has 0 aromatic heterocycles. The van der Waals surface area contributed by atoms with Crippen LogP contribution in [0.2, 0.25) is 0 Å². The molecule has 2 fully saturated rings. The largest absolute Gasteiger partial charge is 0.303 e. The van der Waals surface area contributed by atoms with Crippen LogP contribution < -0.4 is 0 Å². The summed E-state index contributed by atoms with van der Waals surface area (Å²) in [5, 5.41) is 0. The van der Waals surface area contributed by atoms with Crippen LogP contribution in [0.15, 0.2) is 0 Å². The van der Waals surface area contributed by atoms with E-state index in [0.717, 1.165) is 11.8 Å². The van der Waals surface area contributed by atoms with Crippen molar-refractivity contribution in [2.75, 3.05) is 19.6 Å². The van der Waals surface area contributed by atoms with Crippen LogP contribution in [0.5, 0.6) is 0 Å². The molecule has 1 heteroatoms. The average Bonchev–Trinajstić information content (AvgIpc) is 2.66. The van der Waals surface area contributed by atoms with Gasteiger partial charge in [-0.3, -0.25) is 0 Å². The Morgan fingerprint density at radius 3 is 2.47 bits per heavy atom. The first kappa shape index (κ1) is 11.4. The van der Waals surface area contributed by atoms with Gasteiger partial charge in [0.15, 0.2) is 0 Å². The summed E-state index contributed by atoms with van der Waals surface area (Å²) < 4.78 is 0. The molecule has 1 aliphatic heterocycles. The summed E-state index contributed by atoms with van der Waals surface area (Å²) in [6, 6.07) is 0. The van der Waals surface area contributed by atoms with Crippen molar-refractivity contribution in [3.8, 4) is 0 Å². The Morgan fingerprint density at radius 2 is 1.93 bits per heavy atom. The molecule has 1 nitrogen and oxygen atoms in total. The van der Waals surface area contributed by atoms with Crippen molar-refractivity contribution in [3.05, 3.63) is 0 Å². The number of piperidine rings is 1. The van der Waals surface area contributed by atoms with E-state index < -0.39 is 0 Å². The minimum absolute atomic E-state index is 0.711. The molecule has 1 atom stereocenters. The summed E-state index contributed by atoms with van der Waals surface area (Å²) in [6.45, 7) is 11.2. The fourth-order valence-electron chi connectivity index (χ4n) is 4.19. The number of likely N-dealkylation sites (tertiary alicyclic amines) is 1. The van der Waals surface area contributed by atoms with Gasteiger partial charge in [0.25, 0.3) is 0 Å². The summed E-state index contributed by atoms with van der Waals surface area (Å²) >= 11 is 0. The maximum Gasteiger partial charge on any atom is 0.00406 e. The third-order valence-electron chi connectivity index (χ3n) is 4.93. The van der Waals surface area contributed by atoms with Gasteiger partial charge >= 0.3 is 0 Å². The third-order valence-corrected chi connectivity index (χ3v) is 4.93. The van der Waals surface area contributed by atoms with E-state index in [1.54, 1.807) is 0 Å². The Bertz CT molecular complexity index is 203. The van der Waals surface area contributed by atoms with Crippen LogP contribution in [0.1, 0.15) is 52.9 Å². The van der Waals surface area contributed by atoms with Crippen LogP contribution in [0.25, 0.3) is 0 Å². The van der Waals surface area contributed by atoms with Crippen LogP contribution >= 0.6 is 0 Å². The van der Waals surface area contributed by atoms with Gasteiger partial charge < -0.3 is 4.90 Å². The van der Waals surface area contributed by atoms with Gasteiger partial charge in [0.1, 0.15) is 0 Å². The van der Waals surface area contributed by atoms with Gasteiger partial charge in [0, 0.05) is 6.54 Å². The summed E-state index contributed by atoms with van der Waals surface area (Å²) in [6.07, 6.45) is 7.44. The summed E-state index contributed by atoms with van der Waals surface area (Å²) in [5.74, 6) is 1.89. The highest BCUT2D eigenvalue weighted by Gasteiger charge is 2.45. The number of hydrogen-bond acceptors (Lipinski definition) is 1. The van der Waals surface area contributed by atoms with E-state index in [4.69, 9.17) is 0 Å². The lowest BCUT2D eigenvalue weighted by molar-refractivity contribution is 0.00941. The molecule has 0 amide bonds. The summed E-state index contributed by atoms with van der Waals surface area (Å²) in [7, 11) is 0. The predicted molar refractivity (Wildman–Crippen MR) is 66.0 cm³/mol. The Hall–Kier alpha value is -0.0400. The second kappa shape index (κ2) is 4.45. The van der Waals surface area contributed by atoms with Crippen molar-refractivity contribution in [1.82, 2.24) is 4.90 Å². The first-order chi connectivity index (χ1) is 7.18. The van der Waals surface area contributed by atoms with Gasteiger partial charge in [-0.1, -0.05) is 33.6 Å². The second-order valence-electron chi connectivity index (χ2n) is 6.08. The summed E-state index contributed by atoms with van der Waals surface area (Å²) in [4.78, 5) is 2.68. The first-order valence-electron chi connectivity index (χ1n) is 6.90. The van der Waals surface area contributed by atoms with Crippen molar-refractivity contribution < 1.29 is 0 Å². The van der Waals surface area contributed by atoms with Gasteiger partial charge in [-0.15, -0.1) is 0 Å². The molecule has 0 radical (unpaired) electrons.